The minimum atomic E-state index is -0.0598. The summed E-state index contributed by atoms with van der Waals surface area (Å²) in [5, 5.41) is 12.2. The number of nitrogens with zero attached hydrogens (tertiary/aromatic N) is 1. The van der Waals surface area contributed by atoms with Crippen LogP contribution in [0.1, 0.15) is 36.0 Å². The van der Waals surface area contributed by atoms with Gasteiger partial charge in [-0.05, 0) is 68.0 Å². The van der Waals surface area contributed by atoms with E-state index in [2.05, 4.69) is 10.3 Å². The SMILES string of the molecule is O=C(NC1CCC(CO)CC1)c1ccc(Oc2cccnc2)cc1. The average molecular weight is 326 g/mol. The van der Waals surface area contributed by atoms with E-state index in [1.165, 1.54) is 0 Å². The molecule has 126 valence electrons. The lowest BCUT2D eigenvalue weighted by molar-refractivity contribution is 0.0914. The fraction of sp³-hybridized carbons (Fsp3) is 0.368. The molecule has 1 aliphatic rings. The van der Waals surface area contributed by atoms with Crippen LogP contribution in [-0.4, -0.2) is 28.6 Å². The van der Waals surface area contributed by atoms with E-state index in [9.17, 15) is 4.79 Å². The molecule has 2 aromatic rings. The molecule has 0 spiro atoms. The smallest absolute Gasteiger partial charge is 0.251 e. The van der Waals surface area contributed by atoms with Crippen molar-refractivity contribution in [3.63, 3.8) is 0 Å². The van der Waals surface area contributed by atoms with Crippen LogP contribution in [0.2, 0.25) is 0 Å². The molecular weight excluding hydrogens is 304 g/mol. The highest BCUT2D eigenvalue weighted by molar-refractivity contribution is 5.94. The standard InChI is InChI=1S/C19H22N2O3/c22-13-14-3-7-16(8-4-14)21-19(23)15-5-9-17(10-6-15)24-18-2-1-11-20-12-18/h1-2,5-6,9-12,14,16,22H,3-4,7-8,13H2,(H,21,23). The topological polar surface area (TPSA) is 71.5 Å². The van der Waals surface area contributed by atoms with Gasteiger partial charge in [-0.15, -0.1) is 0 Å². The molecule has 0 saturated heterocycles. The normalized spacial score (nSPS) is 20.4. The predicted molar refractivity (Wildman–Crippen MR) is 91.1 cm³/mol. The van der Waals surface area contributed by atoms with Crippen LogP contribution in [0.25, 0.3) is 0 Å². The highest BCUT2D eigenvalue weighted by atomic mass is 16.5. The molecule has 1 heterocycles. The Bertz CT molecular complexity index is 650. The maximum absolute atomic E-state index is 12.3. The first kappa shape index (κ1) is 16.5. The number of aliphatic hydroxyl groups is 1. The summed E-state index contributed by atoms with van der Waals surface area (Å²) >= 11 is 0. The molecule has 2 N–H and O–H groups in total. The lowest BCUT2D eigenvalue weighted by Crippen LogP contribution is -2.38. The van der Waals surface area contributed by atoms with E-state index >= 15 is 0 Å². The van der Waals surface area contributed by atoms with E-state index in [4.69, 9.17) is 9.84 Å². The van der Waals surface area contributed by atoms with Gasteiger partial charge in [0.15, 0.2) is 0 Å². The van der Waals surface area contributed by atoms with Crippen molar-refractivity contribution in [2.24, 2.45) is 5.92 Å². The van der Waals surface area contributed by atoms with E-state index in [1.807, 2.05) is 12.1 Å². The van der Waals surface area contributed by atoms with Crippen LogP contribution in [0.5, 0.6) is 11.5 Å². The van der Waals surface area contributed by atoms with Crippen molar-refractivity contribution in [3.8, 4) is 11.5 Å². The molecular formula is C19H22N2O3. The van der Waals surface area contributed by atoms with Gasteiger partial charge >= 0.3 is 0 Å². The Morgan fingerprint density at radius 2 is 1.88 bits per heavy atom. The molecule has 0 unspecified atom stereocenters. The molecule has 1 aromatic heterocycles. The second kappa shape index (κ2) is 7.93. The summed E-state index contributed by atoms with van der Waals surface area (Å²) < 4.78 is 5.67. The van der Waals surface area contributed by atoms with Crippen LogP contribution >= 0.6 is 0 Å². The number of hydrogen-bond donors (Lipinski definition) is 2. The maximum atomic E-state index is 12.3. The van der Waals surface area contributed by atoms with Gasteiger partial charge in [-0.3, -0.25) is 9.78 Å². The third kappa shape index (κ3) is 4.32. The number of benzene rings is 1. The van der Waals surface area contributed by atoms with Crippen LogP contribution in [-0.2, 0) is 0 Å². The van der Waals surface area contributed by atoms with E-state index in [0.29, 0.717) is 23.0 Å². The van der Waals surface area contributed by atoms with Crippen molar-refractivity contribution in [2.45, 2.75) is 31.7 Å². The molecule has 5 nitrogen and oxygen atoms in total. The maximum Gasteiger partial charge on any atom is 0.251 e. The molecule has 5 heteroatoms. The van der Waals surface area contributed by atoms with E-state index in [0.717, 1.165) is 25.7 Å². The lowest BCUT2D eigenvalue weighted by atomic mass is 9.86. The summed E-state index contributed by atoms with van der Waals surface area (Å²) in [6.45, 7) is 0.249. The van der Waals surface area contributed by atoms with Gasteiger partial charge in [0.25, 0.3) is 5.91 Å². The molecule has 24 heavy (non-hydrogen) atoms. The Morgan fingerprint density at radius 1 is 1.12 bits per heavy atom. The van der Waals surface area contributed by atoms with Crippen LogP contribution in [0.4, 0.5) is 0 Å². The minimum absolute atomic E-state index is 0.0598. The second-order valence-corrected chi connectivity index (χ2v) is 6.19. The number of aliphatic hydroxyl groups excluding tert-OH is 1. The van der Waals surface area contributed by atoms with Crippen molar-refractivity contribution in [1.29, 1.82) is 0 Å². The van der Waals surface area contributed by atoms with Gasteiger partial charge in [0.05, 0.1) is 6.20 Å². The zero-order valence-electron chi connectivity index (χ0n) is 13.5. The molecule has 0 atom stereocenters. The van der Waals surface area contributed by atoms with Gasteiger partial charge in [-0.25, -0.2) is 0 Å². The molecule has 1 aromatic carbocycles. The molecule has 1 saturated carbocycles. The Morgan fingerprint density at radius 3 is 2.50 bits per heavy atom. The Labute approximate surface area is 141 Å². The molecule has 1 fully saturated rings. The van der Waals surface area contributed by atoms with Crippen LogP contribution in [0.3, 0.4) is 0 Å². The van der Waals surface area contributed by atoms with Gasteiger partial charge in [-0.1, -0.05) is 0 Å². The second-order valence-electron chi connectivity index (χ2n) is 6.19. The number of rotatable bonds is 5. The van der Waals surface area contributed by atoms with Gasteiger partial charge < -0.3 is 15.2 Å². The van der Waals surface area contributed by atoms with Crippen molar-refractivity contribution < 1.29 is 14.6 Å². The number of pyridine rings is 1. The van der Waals surface area contributed by atoms with Crippen molar-refractivity contribution >= 4 is 5.91 Å². The monoisotopic (exact) mass is 326 g/mol. The molecule has 1 aliphatic carbocycles. The fourth-order valence-corrected chi connectivity index (χ4v) is 2.98. The van der Waals surface area contributed by atoms with Gasteiger partial charge in [0.1, 0.15) is 11.5 Å². The van der Waals surface area contributed by atoms with Crippen molar-refractivity contribution in [1.82, 2.24) is 10.3 Å². The van der Waals surface area contributed by atoms with Gasteiger partial charge in [0, 0.05) is 24.4 Å². The molecule has 0 radical (unpaired) electrons. The largest absolute Gasteiger partial charge is 0.456 e. The quantitative estimate of drug-likeness (QED) is 0.885. The summed E-state index contributed by atoms with van der Waals surface area (Å²) in [5.41, 5.74) is 0.623. The zero-order valence-corrected chi connectivity index (χ0v) is 13.5. The van der Waals surface area contributed by atoms with Crippen LogP contribution < -0.4 is 10.1 Å². The fourth-order valence-electron chi connectivity index (χ4n) is 2.98. The summed E-state index contributed by atoms with van der Waals surface area (Å²) in [5.74, 6) is 1.66. The molecule has 0 bridgehead atoms. The average Bonchev–Trinajstić information content (AvgIpc) is 2.64. The molecule has 3 rings (SSSR count). The Kier molecular flexibility index (Phi) is 5.43. The summed E-state index contributed by atoms with van der Waals surface area (Å²) in [6.07, 6.45) is 7.13. The van der Waals surface area contributed by atoms with E-state index in [1.54, 1.807) is 36.7 Å². The summed E-state index contributed by atoms with van der Waals surface area (Å²) in [6, 6.07) is 10.9. The zero-order chi connectivity index (χ0) is 16.8. The van der Waals surface area contributed by atoms with Gasteiger partial charge in [-0.2, -0.15) is 0 Å². The number of amides is 1. The highest BCUT2D eigenvalue weighted by Crippen LogP contribution is 2.24. The molecule has 1 amide bonds. The van der Waals surface area contributed by atoms with E-state index < -0.39 is 0 Å². The van der Waals surface area contributed by atoms with Crippen LogP contribution in [0, 0.1) is 5.92 Å². The van der Waals surface area contributed by atoms with Crippen LogP contribution in [0.15, 0.2) is 48.8 Å². The first-order valence-corrected chi connectivity index (χ1v) is 8.34. The number of ether oxygens (including phenoxy) is 1. The first-order valence-electron chi connectivity index (χ1n) is 8.34. The lowest BCUT2D eigenvalue weighted by Gasteiger charge is -2.27. The highest BCUT2D eigenvalue weighted by Gasteiger charge is 2.22. The van der Waals surface area contributed by atoms with Crippen molar-refractivity contribution in [3.05, 3.63) is 54.4 Å². The number of carbonyl (C=O) groups excluding carboxylic acids is 1. The number of nitrogens with one attached hydrogen (secondary N) is 1. The summed E-state index contributed by atoms with van der Waals surface area (Å²) in [7, 11) is 0. The third-order valence-corrected chi connectivity index (χ3v) is 4.43. The number of carbonyl (C=O) groups is 1. The summed E-state index contributed by atoms with van der Waals surface area (Å²) in [4.78, 5) is 16.3. The third-order valence-electron chi connectivity index (χ3n) is 4.43. The van der Waals surface area contributed by atoms with E-state index in [-0.39, 0.29) is 18.6 Å². The molecule has 0 aliphatic heterocycles. The number of hydrogen-bond acceptors (Lipinski definition) is 4. The first-order chi connectivity index (χ1) is 11.7. The minimum Gasteiger partial charge on any atom is -0.456 e. The Balaban J connectivity index is 1.54. The van der Waals surface area contributed by atoms with Gasteiger partial charge in [0.2, 0.25) is 0 Å². The van der Waals surface area contributed by atoms with Crippen molar-refractivity contribution in [2.75, 3.05) is 6.61 Å². The Hall–Kier alpha value is -2.40. The number of aromatic nitrogens is 1. The predicted octanol–water partition coefficient (Wildman–Crippen LogP) is 3.15.